The summed E-state index contributed by atoms with van der Waals surface area (Å²) in [6, 6.07) is 7.79. The Bertz CT molecular complexity index is 273. The van der Waals surface area contributed by atoms with E-state index in [0.717, 1.165) is 11.3 Å². The maximum Gasteiger partial charge on any atom is 0.119 e. The summed E-state index contributed by atoms with van der Waals surface area (Å²) in [5, 5.41) is 0. The molecule has 0 spiro atoms. The van der Waals surface area contributed by atoms with Gasteiger partial charge in [-0.3, -0.25) is 4.90 Å². The molecule has 3 heteroatoms. The number of hydrogen-bond donors (Lipinski definition) is 1. The van der Waals surface area contributed by atoms with Crippen LogP contribution in [0.4, 0.5) is 0 Å². The minimum atomic E-state index is -0.0740. The van der Waals surface area contributed by atoms with Crippen LogP contribution in [0.15, 0.2) is 24.3 Å². The number of ether oxygens (including phenoxy) is 1. The van der Waals surface area contributed by atoms with Crippen LogP contribution in [0.2, 0.25) is 0 Å². The van der Waals surface area contributed by atoms with E-state index in [1.54, 1.807) is 7.11 Å². The van der Waals surface area contributed by atoms with E-state index in [9.17, 15) is 0 Å². The molecule has 0 aliphatic heterocycles. The van der Waals surface area contributed by atoms with Crippen LogP contribution >= 0.6 is 0 Å². The number of rotatable bonds is 3. The summed E-state index contributed by atoms with van der Waals surface area (Å²) in [4.78, 5) is 1.95. The van der Waals surface area contributed by atoms with Crippen LogP contribution in [0.3, 0.4) is 0 Å². The van der Waals surface area contributed by atoms with Gasteiger partial charge in [0.1, 0.15) is 5.75 Å². The zero-order valence-electron chi connectivity index (χ0n) is 8.32. The number of nitrogens with zero attached hydrogens (tertiary/aromatic N) is 1. The Balaban J connectivity index is 2.88. The molecule has 0 aliphatic carbocycles. The Kier molecular flexibility index (Phi) is 3.28. The average Bonchev–Trinajstić information content (AvgIpc) is 2.16. The van der Waals surface area contributed by atoms with Crippen molar-refractivity contribution in [2.75, 3.05) is 21.2 Å². The van der Waals surface area contributed by atoms with Crippen LogP contribution < -0.4 is 10.5 Å². The highest BCUT2D eigenvalue weighted by molar-refractivity contribution is 5.29. The van der Waals surface area contributed by atoms with Gasteiger partial charge >= 0.3 is 0 Å². The van der Waals surface area contributed by atoms with Crippen molar-refractivity contribution >= 4 is 0 Å². The van der Waals surface area contributed by atoms with Crippen molar-refractivity contribution in [1.29, 1.82) is 0 Å². The monoisotopic (exact) mass is 180 g/mol. The van der Waals surface area contributed by atoms with Crippen LogP contribution in [0, 0.1) is 0 Å². The zero-order valence-corrected chi connectivity index (χ0v) is 8.32. The van der Waals surface area contributed by atoms with Gasteiger partial charge in [-0.1, -0.05) is 12.1 Å². The Morgan fingerprint density at radius 3 is 2.62 bits per heavy atom. The highest BCUT2D eigenvalue weighted by Gasteiger charge is 2.07. The van der Waals surface area contributed by atoms with E-state index in [1.165, 1.54) is 0 Å². The molecule has 0 radical (unpaired) electrons. The quantitative estimate of drug-likeness (QED) is 0.711. The van der Waals surface area contributed by atoms with Crippen molar-refractivity contribution in [3.63, 3.8) is 0 Å². The lowest BCUT2D eigenvalue weighted by Gasteiger charge is -2.20. The van der Waals surface area contributed by atoms with Gasteiger partial charge in [-0.2, -0.15) is 0 Å². The van der Waals surface area contributed by atoms with Gasteiger partial charge in [0.2, 0.25) is 0 Å². The van der Waals surface area contributed by atoms with Gasteiger partial charge < -0.3 is 10.5 Å². The molecule has 1 rings (SSSR count). The molecule has 1 unspecified atom stereocenters. The summed E-state index contributed by atoms with van der Waals surface area (Å²) >= 11 is 0. The molecule has 1 atom stereocenters. The second-order valence-corrected chi connectivity index (χ2v) is 3.19. The Hall–Kier alpha value is -1.06. The molecule has 0 aromatic heterocycles. The molecule has 0 aliphatic rings. The number of methoxy groups -OCH3 is 1. The Morgan fingerprint density at radius 2 is 2.08 bits per heavy atom. The van der Waals surface area contributed by atoms with E-state index in [2.05, 4.69) is 0 Å². The van der Waals surface area contributed by atoms with E-state index in [4.69, 9.17) is 10.5 Å². The molecule has 1 aromatic carbocycles. The molecule has 0 amide bonds. The maximum atomic E-state index is 5.93. The number of nitrogens with two attached hydrogens (primary N) is 1. The first kappa shape index (κ1) is 10.0. The predicted molar refractivity (Wildman–Crippen MR) is 53.6 cm³/mol. The molecule has 0 heterocycles. The molecule has 72 valence electrons. The molecule has 13 heavy (non-hydrogen) atoms. The van der Waals surface area contributed by atoms with E-state index in [0.29, 0.717) is 0 Å². The van der Waals surface area contributed by atoms with Crippen molar-refractivity contribution in [2.45, 2.75) is 6.17 Å². The van der Waals surface area contributed by atoms with Crippen LogP contribution in [-0.2, 0) is 0 Å². The standard InChI is InChI=1S/C10H16N2O/c1-12(2)10(11)8-5-4-6-9(7-8)13-3/h4-7,10H,11H2,1-3H3. The molecule has 0 bridgehead atoms. The number of benzene rings is 1. The molecular formula is C10H16N2O. The largest absolute Gasteiger partial charge is 0.497 e. The summed E-state index contributed by atoms with van der Waals surface area (Å²) in [5.41, 5.74) is 6.99. The second kappa shape index (κ2) is 4.25. The summed E-state index contributed by atoms with van der Waals surface area (Å²) < 4.78 is 5.11. The van der Waals surface area contributed by atoms with Crippen LogP contribution in [0.25, 0.3) is 0 Å². The fourth-order valence-corrected chi connectivity index (χ4v) is 1.12. The van der Waals surface area contributed by atoms with Crippen LogP contribution in [0.1, 0.15) is 11.7 Å². The molecule has 0 fully saturated rings. The molecule has 1 aromatic rings. The summed E-state index contributed by atoms with van der Waals surface area (Å²) in [6.07, 6.45) is -0.0740. The van der Waals surface area contributed by atoms with Gasteiger partial charge in [0.05, 0.1) is 13.3 Å². The Morgan fingerprint density at radius 1 is 1.38 bits per heavy atom. The van der Waals surface area contributed by atoms with Gasteiger partial charge in [0.25, 0.3) is 0 Å². The van der Waals surface area contributed by atoms with E-state index < -0.39 is 0 Å². The van der Waals surface area contributed by atoms with Crippen molar-refractivity contribution in [2.24, 2.45) is 5.73 Å². The smallest absolute Gasteiger partial charge is 0.119 e. The molecule has 0 saturated carbocycles. The third kappa shape index (κ3) is 2.44. The highest BCUT2D eigenvalue weighted by atomic mass is 16.5. The minimum absolute atomic E-state index is 0.0740. The summed E-state index contributed by atoms with van der Waals surface area (Å²) in [7, 11) is 5.55. The fraction of sp³-hybridized carbons (Fsp3) is 0.400. The maximum absolute atomic E-state index is 5.93. The molecule has 3 nitrogen and oxygen atoms in total. The first-order valence-corrected chi connectivity index (χ1v) is 4.21. The van der Waals surface area contributed by atoms with Gasteiger partial charge in [0, 0.05) is 0 Å². The van der Waals surface area contributed by atoms with Gasteiger partial charge in [0.15, 0.2) is 0 Å². The topological polar surface area (TPSA) is 38.5 Å². The predicted octanol–water partition coefficient (Wildman–Crippen LogP) is 1.21. The van der Waals surface area contributed by atoms with Crippen LogP contribution in [-0.4, -0.2) is 26.1 Å². The van der Waals surface area contributed by atoms with Crippen LogP contribution in [0.5, 0.6) is 5.75 Å². The summed E-state index contributed by atoms with van der Waals surface area (Å²) in [6.45, 7) is 0. The number of hydrogen-bond acceptors (Lipinski definition) is 3. The summed E-state index contributed by atoms with van der Waals surface area (Å²) in [5.74, 6) is 0.842. The highest BCUT2D eigenvalue weighted by Crippen LogP contribution is 2.18. The van der Waals surface area contributed by atoms with E-state index >= 15 is 0 Å². The van der Waals surface area contributed by atoms with E-state index in [1.807, 2.05) is 43.3 Å². The minimum Gasteiger partial charge on any atom is -0.497 e. The van der Waals surface area contributed by atoms with Crippen molar-refractivity contribution in [3.8, 4) is 5.75 Å². The van der Waals surface area contributed by atoms with Crippen molar-refractivity contribution in [1.82, 2.24) is 4.90 Å². The third-order valence-corrected chi connectivity index (χ3v) is 1.99. The first-order chi connectivity index (χ1) is 6.15. The van der Waals surface area contributed by atoms with Gasteiger partial charge in [-0.25, -0.2) is 0 Å². The third-order valence-electron chi connectivity index (χ3n) is 1.99. The average molecular weight is 180 g/mol. The fourth-order valence-electron chi connectivity index (χ4n) is 1.12. The van der Waals surface area contributed by atoms with Crippen molar-refractivity contribution in [3.05, 3.63) is 29.8 Å². The lowest BCUT2D eigenvalue weighted by atomic mass is 10.1. The first-order valence-electron chi connectivity index (χ1n) is 4.21. The Labute approximate surface area is 79.1 Å². The van der Waals surface area contributed by atoms with E-state index in [-0.39, 0.29) is 6.17 Å². The lowest BCUT2D eigenvalue weighted by molar-refractivity contribution is 0.306. The molecule has 2 N–H and O–H groups in total. The second-order valence-electron chi connectivity index (χ2n) is 3.19. The SMILES string of the molecule is COc1cccc(C(N)N(C)C)c1. The normalized spacial score (nSPS) is 13.0. The lowest BCUT2D eigenvalue weighted by Crippen LogP contribution is -2.27. The van der Waals surface area contributed by atoms with Crippen molar-refractivity contribution < 1.29 is 4.74 Å². The van der Waals surface area contributed by atoms with Gasteiger partial charge in [-0.15, -0.1) is 0 Å². The van der Waals surface area contributed by atoms with Gasteiger partial charge in [-0.05, 0) is 31.8 Å². The zero-order chi connectivity index (χ0) is 9.84. The molecular weight excluding hydrogens is 164 g/mol. The molecule has 0 saturated heterocycles.